The molecule has 0 bridgehead atoms. The smallest absolute Gasteiger partial charge is 0.383 e. The number of hydrogen-bond donors (Lipinski definition) is 3. The SMILES string of the molecule is N=CN=C(N)c1cc(C(F)(F)F)cc(C(F)(F)F)c1CCNc1ccc(F)c(Cl)c1F. The summed E-state index contributed by atoms with van der Waals surface area (Å²) in [6.45, 7) is -0.405. The maximum absolute atomic E-state index is 13.9. The third-order valence-corrected chi connectivity index (χ3v) is 4.43. The molecule has 2 aromatic carbocycles. The fourth-order valence-corrected chi connectivity index (χ4v) is 2.87. The predicted octanol–water partition coefficient (Wildman–Crippen LogP) is 5.62. The van der Waals surface area contributed by atoms with Gasteiger partial charge in [-0.2, -0.15) is 26.3 Å². The molecule has 0 aliphatic carbocycles. The molecule has 0 heterocycles. The highest BCUT2D eigenvalue weighted by Crippen LogP contribution is 2.39. The van der Waals surface area contributed by atoms with E-state index in [9.17, 15) is 35.1 Å². The van der Waals surface area contributed by atoms with Gasteiger partial charge in [0.15, 0.2) is 5.82 Å². The first kappa shape index (κ1) is 24.4. The third kappa shape index (κ3) is 5.63. The number of aliphatic imine (C=N–C) groups is 1. The highest BCUT2D eigenvalue weighted by atomic mass is 35.5. The van der Waals surface area contributed by atoms with E-state index in [1.807, 2.05) is 0 Å². The lowest BCUT2D eigenvalue weighted by atomic mass is 9.93. The first-order valence-electron chi connectivity index (χ1n) is 8.28. The number of nitrogens with two attached hydrogens (primary N) is 1. The summed E-state index contributed by atoms with van der Waals surface area (Å²) in [4.78, 5) is 3.27. The quantitative estimate of drug-likeness (QED) is 0.221. The molecular weight excluding hydrogens is 460 g/mol. The molecule has 4 N–H and O–H groups in total. The predicted molar refractivity (Wildman–Crippen MR) is 99.5 cm³/mol. The fourth-order valence-electron chi connectivity index (χ4n) is 2.71. The van der Waals surface area contributed by atoms with E-state index in [1.165, 1.54) is 0 Å². The van der Waals surface area contributed by atoms with Crippen molar-refractivity contribution >= 4 is 29.5 Å². The van der Waals surface area contributed by atoms with E-state index in [0.717, 1.165) is 12.1 Å². The summed E-state index contributed by atoms with van der Waals surface area (Å²) >= 11 is 5.43. The van der Waals surface area contributed by atoms with Crippen molar-refractivity contribution in [2.45, 2.75) is 18.8 Å². The number of nitrogens with one attached hydrogen (secondary N) is 2. The second-order valence-electron chi connectivity index (χ2n) is 6.09. The van der Waals surface area contributed by atoms with Crippen LogP contribution in [0.2, 0.25) is 5.02 Å². The Morgan fingerprint density at radius 2 is 1.74 bits per heavy atom. The number of benzene rings is 2. The zero-order valence-electron chi connectivity index (χ0n) is 15.2. The monoisotopic (exact) mass is 472 g/mol. The van der Waals surface area contributed by atoms with Gasteiger partial charge in [0.1, 0.15) is 23.0 Å². The van der Waals surface area contributed by atoms with Gasteiger partial charge in [-0.05, 0) is 36.2 Å². The molecular formula is C18H13ClF8N4. The molecule has 0 unspecified atom stereocenters. The molecule has 31 heavy (non-hydrogen) atoms. The summed E-state index contributed by atoms with van der Waals surface area (Å²) in [6.07, 6.45) is -10.5. The topological polar surface area (TPSA) is 74.3 Å². The molecule has 0 atom stereocenters. The molecule has 2 aromatic rings. The van der Waals surface area contributed by atoms with Gasteiger partial charge in [-0.1, -0.05) is 11.6 Å². The number of alkyl halides is 6. The van der Waals surface area contributed by atoms with E-state index in [4.69, 9.17) is 22.7 Å². The van der Waals surface area contributed by atoms with Crippen LogP contribution < -0.4 is 11.1 Å². The Morgan fingerprint density at radius 3 is 2.29 bits per heavy atom. The third-order valence-electron chi connectivity index (χ3n) is 4.09. The minimum Gasteiger partial charge on any atom is -0.383 e. The van der Waals surface area contributed by atoms with Gasteiger partial charge < -0.3 is 11.1 Å². The van der Waals surface area contributed by atoms with Gasteiger partial charge in [-0.3, -0.25) is 5.41 Å². The van der Waals surface area contributed by atoms with Gasteiger partial charge in [-0.25, -0.2) is 13.8 Å². The first-order valence-corrected chi connectivity index (χ1v) is 8.66. The van der Waals surface area contributed by atoms with E-state index in [2.05, 4.69) is 10.3 Å². The van der Waals surface area contributed by atoms with Crippen LogP contribution in [0, 0.1) is 17.0 Å². The Bertz CT molecular complexity index is 1020. The minimum absolute atomic E-state index is 0.0636. The van der Waals surface area contributed by atoms with Crippen molar-refractivity contribution in [1.82, 2.24) is 0 Å². The Balaban J connectivity index is 2.52. The number of rotatable bonds is 6. The zero-order chi connectivity index (χ0) is 23.6. The lowest BCUT2D eigenvalue weighted by Crippen LogP contribution is -2.23. The average Bonchev–Trinajstić information content (AvgIpc) is 2.66. The zero-order valence-corrected chi connectivity index (χ0v) is 16.0. The maximum atomic E-state index is 13.9. The summed E-state index contributed by atoms with van der Waals surface area (Å²) in [6, 6.07) is 2.11. The summed E-state index contributed by atoms with van der Waals surface area (Å²) in [7, 11) is 0. The second kappa shape index (κ2) is 9.08. The Labute approximate surface area is 175 Å². The standard InChI is InChI=1S/C18H13ClF8N4/c19-14-12(20)1-2-13(15(14)21)30-4-3-9-10(16(29)31-7-28)5-8(17(22,23)24)6-11(9)18(25,26)27/h1-2,5-7,30H,3-4H2,(H3,28,29,31). The molecule has 0 amide bonds. The van der Waals surface area contributed by atoms with Crippen molar-refractivity contribution in [2.24, 2.45) is 10.7 Å². The molecule has 168 valence electrons. The lowest BCUT2D eigenvalue weighted by molar-refractivity contribution is -0.143. The van der Waals surface area contributed by atoms with Crippen molar-refractivity contribution in [3.8, 4) is 0 Å². The van der Waals surface area contributed by atoms with E-state index < -0.39 is 70.1 Å². The lowest BCUT2D eigenvalue weighted by Gasteiger charge is -2.20. The molecule has 0 fully saturated rings. The van der Waals surface area contributed by atoms with Crippen molar-refractivity contribution in [2.75, 3.05) is 11.9 Å². The molecule has 0 spiro atoms. The molecule has 2 rings (SSSR count). The van der Waals surface area contributed by atoms with Crippen LogP contribution in [0.1, 0.15) is 22.3 Å². The number of halogens is 9. The highest BCUT2D eigenvalue weighted by molar-refractivity contribution is 6.31. The van der Waals surface area contributed by atoms with Crippen LogP contribution in [-0.2, 0) is 18.8 Å². The molecule has 0 aromatic heterocycles. The van der Waals surface area contributed by atoms with Crippen LogP contribution in [0.5, 0.6) is 0 Å². The summed E-state index contributed by atoms with van der Waals surface area (Å²) in [5.74, 6) is -2.97. The van der Waals surface area contributed by atoms with Gasteiger partial charge in [0.25, 0.3) is 0 Å². The Morgan fingerprint density at radius 1 is 1.10 bits per heavy atom. The van der Waals surface area contributed by atoms with E-state index >= 15 is 0 Å². The molecule has 0 aliphatic rings. The largest absolute Gasteiger partial charge is 0.416 e. The molecule has 0 radical (unpaired) electrons. The number of hydrogen-bond acceptors (Lipinski definition) is 2. The van der Waals surface area contributed by atoms with E-state index in [1.54, 1.807) is 0 Å². The van der Waals surface area contributed by atoms with Gasteiger partial charge in [0.2, 0.25) is 0 Å². The summed E-state index contributed by atoms with van der Waals surface area (Å²) in [5.41, 5.74) is 0.633. The molecule has 0 saturated heterocycles. The number of amidine groups is 1. The Kier molecular flexibility index (Phi) is 7.14. The van der Waals surface area contributed by atoms with Crippen LogP contribution in [0.4, 0.5) is 40.8 Å². The summed E-state index contributed by atoms with van der Waals surface area (Å²) in [5, 5.41) is 8.46. The first-order chi connectivity index (χ1) is 14.3. The van der Waals surface area contributed by atoms with Gasteiger partial charge in [-0.15, -0.1) is 0 Å². The van der Waals surface area contributed by atoms with Crippen molar-refractivity contribution in [3.63, 3.8) is 0 Å². The summed E-state index contributed by atoms with van der Waals surface area (Å²) < 4.78 is 107. The highest BCUT2D eigenvalue weighted by Gasteiger charge is 2.39. The van der Waals surface area contributed by atoms with E-state index in [0.29, 0.717) is 12.4 Å². The van der Waals surface area contributed by atoms with Gasteiger partial charge in [0, 0.05) is 12.1 Å². The van der Waals surface area contributed by atoms with Crippen LogP contribution in [0.15, 0.2) is 29.3 Å². The van der Waals surface area contributed by atoms with E-state index in [-0.39, 0.29) is 11.8 Å². The van der Waals surface area contributed by atoms with Crippen molar-refractivity contribution in [1.29, 1.82) is 5.41 Å². The van der Waals surface area contributed by atoms with Crippen LogP contribution in [-0.4, -0.2) is 18.7 Å². The van der Waals surface area contributed by atoms with Crippen molar-refractivity contribution in [3.05, 3.63) is 63.2 Å². The number of anilines is 1. The van der Waals surface area contributed by atoms with Gasteiger partial charge >= 0.3 is 12.4 Å². The van der Waals surface area contributed by atoms with Crippen molar-refractivity contribution < 1.29 is 35.1 Å². The van der Waals surface area contributed by atoms with Crippen LogP contribution in [0.25, 0.3) is 0 Å². The van der Waals surface area contributed by atoms with Gasteiger partial charge in [0.05, 0.1) is 16.8 Å². The van der Waals surface area contributed by atoms with Crippen LogP contribution in [0.3, 0.4) is 0 Å². The maximum Gasteiger partial charge on any atom is 0.416 e. The molecule has 13 heteroatoms. The Hall–Kier alpha value is -2.89. The second-order valence-corrected chi connectivity index (χ2v) is 6.47. The minimum atomic E-state index is -5.18. The van der Waals surface area contributed by atoms with Crippen LogP contribution >= 0.6 is 11.6 Å². The molecule has 0 aliphatic heterocycles. The number of nitrogens with zero attached hydrogens (tertiary/aromatic N) is 1. The normalized spacial score (nSPS) is 12.7. The average molecular weight is 473 g/mol. The molecule has 4 nitrogen and oxygen atoms in total. The molecule has 0 saturated carbocycles. The fraction of sp³-hybridized carbons (Fsp3) is 0.222.